The van der Waals surface area contributed by atoms with Gasteiger partial charge in [0.05, 0.1) is 24.9 Å². The van der Waals surface area contributed by atoms with Crippen LogP contribution in [0, 0.1) is 0 Å². The van der Waals surface area contributed by atoms with Crippen LogP contribution in [0.3, 0.4) is 0 Å². The molecule has 0 bridgehead atoms. The smallest absolute Gasteiger partial charge is 0.416 e. The Morgan fingerprint density at radius 3 is 2.70 bits per heavy atom. The minimum Gasteiger partial charge on any atom is -0.492 e. The van der Waals surface area contributed by atoms with E-state index < -0.39 is 28.9 Å². The topological polar surface area (TPSA) is 106 Å². The molecule has 158 valence electrons. The number of hydrogen-bond acceptors (Lipinski definition) is 5. The molecular formula is C19H16F3N3O5. The molecule has 2 N–H and O–H groups in total. The van der Waals surface area contributed by atoms with E-state index in [1.54, 1.807) is 12.1 Å². The van der Waals surface area contributed by atoms with Gasteiger partial charge in [-0.3, -0.25) is 14.2 Å². The van der Waals surface area contributed by atoms with Gasteiger partial charge in [-0.2, -0.15) is 13.2 Å². The molecule has 11 heteroatoms. The van der Waals surface area contributed by atoms with Crippen LogP contribution in [0.5, 0.6) is 5.75 Å². The van der Waals surface area contributed by atoms with Crippen molar-refractivity contribution in [3.05, 3.63) is 86.6 Å². The lowest BCUT2D eigenvalue weighted by molar-refractivity contribution is -0.137. The van der Waals surface area contributed by atoms with Gasteiger partial charge in [0, 0.05) is 6.20 Å². The summed E-state index contributed by atoms with van der Waals surface area (Å²) in [5, 5.41) is 2.42. The highest BCUT2D eigenvalue weighted by Crippen LogP contribution is 2.31. The van der Waals surface area contributed by atoms with E-state index in [4.69, 9.17) is 9.15 Å². The maximum atomic E-state index is 12.7. The molecule has 0 aliphatic carbocycles. The molecule has 0 radical (unpaired) electrons. The fourth-order valence-corrected chi connectivity index (χ4v) is 2.57. The Bertz CT molecular complexity index is 1130. The number of benzene rings is 1. The van der Waals surface area contributed by atoms with Gasteiger partial charge in [-0.05, 0) is 30.3 Å². The molecule has 1 aromatic carbocycles. The van der Waals surface area contributed by atoms with Gasteiger partial charge in [0.2, 0.25) is 0 Å². The van der Waals surface area contributed by atoms with Crippen molar-refractivity contribution in [3.63, 3.8) is 0 Å². The number of hydrogen-bond donors (Lipinski definition) is 2. The van der Waals surface area contributed by atoms with Gasteiger partial charge in [0.25, 0.3) is 11.5 Å². The second-order valence-corrected chi connectivity index (χ2v) is 6.11. The molecule has 0 saturated heterocycles. The standard InChI is InChI=1S/C19H16F3N3O5/c20-19(21,22)12-3-1-4-13(9-12)30-8-6-23-16(26)15-10-24-18(28)25(17(15)27)11-14-5-2-7-29-14/h1-5,7,9-10H,6,8,11H2,(H,23,26)(H,24,28). The van der Waals surface area contributed by atoms with Gasteiger partial charge in [0.15, 0.2) is 0 Å². The van der Waals surface area contributed by atoms with Gasteiger partial charge < -0.3 is 19.5 Å². The number of furan rings is 1. The maximum Gasteiger partial charge on any atom is 0.416 e. The van der Waals surface area contributed by atoms with Crippen LogP contribution in [-0.4, -0.2) is 28.6 Å². The van der Waals surface area contributed by atoms with Crippen molar-refractivity contribution in [1.29, 1.82) is 0 Å². The number of aromatic amines is 1. The maximum absolute atomic E-state index is 12.7. The Hall–Kier alpha value is -3.76. The summed E-state index contributed by atoms with van der Waals surface area (Å²) in [6.45, 7) is -0.357. The highest BCUT2D eigenvalue weighted by molar-refractivity contribution is 5.93. The van der Waals surface area contributed by atoms with Crippen LogP contribution in [-0.2, 0) is 12.7 Å². The third-order valence-corrected chi connectivity index (χ3v) is 4.02. The summed E-state index contributed by atoms with van der Waals surface area (Å²) in [5.41, 5.74) is -2.68. The van der Waals surface area contributed by atoms with E-state index in [2.05, 4.69) is 10.3 Å². The number of rotatable bonds is 7. The van der Waals surface area contributed by atoms with Crippen LogP contribution < -0.4 is 21.3 Å². The Morgan fingerprint density at radius 2 is 2.00 bits per heavy atom. The fourth-order valence-electron chi connectivity index (χ4n) is 2.57. The molecule has 0 aliphatic rings. The zero-order valence-electron chi connectivity index (χ0n) is 15.4. The van der Waals surface area contributed by atoms with E-state index in [0.29, 0.717) is 5.76 Å². The van der Waals surface area contributed by atoms with Crippen molar-refractivity contribution in [1.82, 2.24) is 14.9 Å². The predicted molar refractivity (Wildman–Crippen MR) is 98.4 cm³/mol. The zero-order valence-corrected chi connectivity index (χ0v) is 15.4. The van der Waals surface area contributed by atoms with Crippen LogP contribution in [0.25, 0.3) is 0 Å². The first-order chi connectivity index (χ1) is 14.3. The molecular weight excluding hydrogens is 407 g/mol. The van der Waals surface area contributed by atoms with E-state index in [-0.39, 0.29) is 31.0 Å². The van der Waals surface area contributed by atoms with Crippen LogP contribution in [0.1, 0.15) is 21.7 Å². The van der Waals surface area contributed by atoms with Crippen molar-refractivity contribution < 1.29 is 27.1 Å². The number of nitrogens with one attached hydrogen (secondary N) is 2. The van der Waals surface area contributed by atoms with E-state index in [9.17, 15) is 27.6 Å². The molecule has 0 spiro atoms. The average molecular weight is 423 g/mol. The van der Waals surface area contributed by atoms with Gasteiger partial charge in [-0.25, -0.2) is 4.79 Å². The van der Waals surface area contributed by atoms with E-state index in [1.165, 1.54) is 18.4 Å². The van der Waals surface area contributed by atoms with Crippen LogP contribution >= 0.6 is 0 Å². The number of ether oxygens (including phenoxy) is 1. The lowest BCUT2D eigenvalue weighted by atomic mass is 10.2. The van der Waals surface area contributed by atoms with Crippen molar-refractivity contribution >= 4 is 5.91 Å². The summed E-state index contributed by atoms with van der Waals surface area (Å²) in [6, 6.07) is 7.49. The Labute approximate surface area is 166 Å². The molecule has 30 heavy (non-hydrogen) atoms. The predicted octanol–water partition coefficient (Wildman–Crippen LogP) is 2.01. The monoisotopic (exact) mass is 423 g/mol. The summed E-state index contributed by atoms with van der Waals surface area (Å²) < 4.78 is 49.2. The van der Waals surface area contributed by atoms with Gasteiger partial charge >= 0.3 is 11.9 Å². The first-order valence-corrected chi connectivity index (χ1v) is 8.69. The van der Waals surface area contributed by atoms with Crippen molar-refractivity contribution in [2.75, 3.05) is 13.2 Å². The van der Waals surface area contributed by atoms with Crippen molar-refractivity contribution in [2.24, 2.45) is 0 Å². The Morgan fingerprint density at radius 1 is 1.20 bits per heavy atom. The highest BCUT2D eigenvalue weighted by atomic mass is 19.4. The molecule has 1 amide bonds. The van der Waals surface area contributed by atoms with Crippen LogP contribution in [0.15, 0.2) is 62.9 Å². The number of nitrogens with zero attached hydrogens (tertiary/aromatic N) is 1. The first-order valence-electron chi connectivity index (χ1n) is 8.69. The molecule has 0 saturated carbocycles. The third kappa shape index (κ3) is 4.99. The number of carbonyl (C=O) groups excluding carboxylic acids is 1. The molecule has 0 aliphatic heterocycles. The second kappa shape index (κ2) is 8.72. The minimum atomic E-state index is -4.49. The molecule has 2 heterocycles. The Kier molecular flexibility index (Phi) is 6.09. The van der Waals surface area contributed by atoms with Crippen molar-refractivity contribution in [2.45, 2.75) is 12.7 Å². The van der Waals surface area contributed by atoms with E-state index in [0.717, 1.165) is 22.9 Å². The van der Waals surface area contributed by atoms with Gasteiger partial charge in [0.1, 0.15) is 23.7 Å². The summed E-state index contributed by atoms with van der Waals surface area (Å²) in [7, 11) is 0. The molecule has 0 atom stereocenters. The number of H-pyrrole nitrogens is 1. The quantitative estimate of drug-likeness (QED) is 0.566. The fraction of sp³-hybridized carbons (Fsp3) is 0.211. The highest BCUT2D eigenvalue weighted by Gasteiger charge is 2.30. The normalized spacial score (nSPS) is 11.3. The van der Waals surface area contributed by atoms with Crippen LogP contribution in [0.2, 0.25) is 0 Å². The average Bonchev–Trinajstić information content (AvgIpc) is 3.21. The summed E-state index contributed by atoms with van der Waals surface area (Å²) in [4.78, 5) is 38.9. The van der Waals surface area contributed by atoms with Crippen molar-refractivity contribution in [3.8, 4) is 5.75 Å². The van der Waals surface area contributed by atoms with E-state index >= 15 is 0 Å². The molecule has 3 aromatic rings. The summed E-state index contributed by atoms with van der Waals surface area (Å²) in [5.74, 6) is -0.421. The summed E-state index contributed by atoms with van der Waals surface area (Å²) >= 11 is 0. The first kappa shape index (κ1) is 21.0. The summed E-state index contributed by atoms with van der Waals surface area (Å²) in [6.07, 6.45) is -2.12. The Balaban J connectivity index is 1.60. The lowest BCUT2D eigenvalue weighted by Crippen LogP contribution is -2.41. The number of amides is 1. The third-order valence-electron chi connectivity index (χ3n) is 4.02. The number of aromatic nitrogens is 2. The SMILES string of the molecule is O=C(NCCOc1cccc(C(F)(F)F)c1)c1c[nH]c(=O)n(Cc2ccco2)c1=O. The second-order valence-electron chi connectivity index (χ2n) is 6.11. The number of alkyl halides is 3. The molecule has 0 unspecified atom stereocenters. The largest absolute Gasteiger partial charge is 0.492 e. The molecule has 2 aromatic heterocycles. The zero-order chi connectivity index (χ0) is 21.7. The van der Waals surface area contributed by atoms with Gasteiger partial charge in [-0.15, -0.1) is 0 Å². The van der Waals surface area contributed by atoms with E-state index in [1.807, 2.05) is 0 Å². The molecule has 3 rings (SSSR count). The minimum absolute atomic E-state index is 0.0103. The lowest BCUT2D eigenvalue weighted by Gasteiger charge is -2.11. The number of halogens is 3. The molecule has 8 nitrogen and oxygen atoms in total. The van der Waals surface area contributed by atoms with Gasteiger partial charge in [-0.1, -0.05) is 6.07 Å². The van der Waals surface area contributed by atoms with Crippen LogP contribution in [0.4, 0.5) is 13.2 Å². The number of carbonyl (C=O) groups is 1. The molecule has 0 fully saturated rings.